The standard InChI is InChI=1S/C24H34NO2/c1-18(2)15-24(19(3)4)21-7-6-8-23(16-21)27-14-13-25-17-20-9-11-22(26-5)12-10-20/h6-12,16,18-19,25H,13-15,17H2,1-5H3. The van der Waals surface area contributed by atoms with E-state index in [0.29, 0.717) is 18.4 Å². The van der Waals surface area contributed by atoms with Gasteiger partial charge < -0.3 is 14.8 Å². The fourth-order valence-corrected chi connectivity index (χ4v) is 3.13. The van der Waals surface area contributed by atoms with Gasteiger partial charge in [0.2, 0.25) is 0 Å². The Morgan fingerprint density at radius 1 is 0.963 bits per heavy atom. The molecule has 3 nitrogen and oxygen atoms in total. The zero-order valence-corrected chi connectivity index (χ0v) is 17.4. The van der Waals surface area contributed by atoms with Gasteiger partial charge in [0, 0.05) is 19.0 Å². The summed E-state index contributed by atoms with van der Waals surface area (Å²) in [5, 5.41) is 3.42. The van der Waals surface area contributed by atoms with Crippen molar-refractivity contribution in [3.05, 3.63) is 65.6 Å². The molecule has 2 aromatic rings. The molecule has 0 fully saturated rings. The topological polar surface area (TPSA) is 30.5 Å². The van der Waals surface area contributed by atoms with Crippen LogP contribution >= 0.6 is 0 Å². The molecule has 2 aromatic carbocycles. The average molecular weight is 369 g/mol. The molecular formula is C24H34NO2. The molecule has 0 amide bonds. The number of ether oxygens (including phenoxy) is 2. The number of hydrogen-bond acceptors (Lipinski definition) is 3. The summed E-state index contributed by atoms with van der Waals surface area (Å²) in [5.74, 6) is 4.55. The maximum Gasteiger partial charge on any atom is 0.119 e. The Morgan fingerprint density at radius 2 is 1.70 bits per heavy atom. The first kappa shape index (κ1) is 21.3. The third-order valence-corrected chi connectivity index (χ3v) is 4.57. The number of methoxy groups -OCH3 is 1. The molecule has 1 N–H and O–H groups in total. The van der Waals surface area contributed by atoms with E-state index in [1.807, 2.05) is 18.2 Å². The lowest BCUT2D eigenvalue weighted by molar-refractivity contribution is 0.313. The Bertz CT molecular complexity index is 664. The normalized spacial score (nSPS) is 11.4. The van der Waals surface area contributed by atoms with Crippen LogP contribution in [0.4, 0.5) is 0 Å². The number of hydrogen-bond donors (Lipinski definition) is 1. The first-order valence-corrected chi connectivity index (χ1v) is 9.92. The number of benzene rings is 2. The highest BCUT2D eigenvalue weighted by atomic mass is 16.5. The Kier molecular flexibility index (Phi) is 8.66. The van der Waals surface area contributed by atoms with Crippen LogP contribution in [-0.2, 0) is 6.54 Å². The van der Waals surface area contributed by atoms with E-state index in [2.05, 4.69) is 63.3 Å². The Balaban J connectivity index is 1.80. The fourth-order valence-electron chi connectivity index (χ4n) is 3.13. The van der Waals surface area contributed by atoms with Crippen molar-refractivity contribution in [3.63, 3.8) is 0 Å². The molecule has 27 heavy (non-hydrogen) atoms. The van der Waals surface area contributed by atoms with E-state index >= 15 is 0 Å². The van der Waals surface area contributed by atoms with Crippen molar-refractivity contribution in [2.24, 2.45) is 11.8 Å². The van der Waals surface area contributed by atoms with Gasteiger partial charge in [0.05, 0.1) is 7.11 Å². The van der Waals surface area contributed by atoms with Gasteiger partial charge in [-0.2, -0.15) is 0 Å². The van der Waals surface area contributed by atoms with Crippen LogP contribution in [0.15, 0.2) is 48.5 Å². The lowest BCUT2D eigenvalue weighted by Gasteiger charge is -2.23. The molecule has 0 aliphatic carbocycles. The van der Waals surface area contributed by atoms with Gasteiger partial charge in [-0.05, 0) is 53.6 Å². The molecule has 0 bridgehead atoms. The zero-order valence-electron chi connectivity index (χ0n) is 17.4. The summed E-state index contributed by atoms with van der Waals surface area (Å²) >= 11 is 0. The van der Waals surface area contributed by atoms with Gasteiger partial charge in [-0.15, -0.1) is 0 Å². The van der Waals surface area contributed by atoms with E-state index in [4.69, 9.17) is 9.47 Å². The van der Waals surface area contributed by atoms with Crippen molar-refractivity contribution in [2.45, 2.75) is 40.7 Å². The largest absolute Gasteiger partial charge is 0.497 e. The van der Waals surface area contributed by atoms with Gasteiger partial charge >= 0.3 is 0 Å². The monoisotopic (exact) mass is 368 g/mol. The highest BCUT2D eigenvalue weighted by Gasteiger charge is 2.18. The molecule has 0 heterocycles. The van der Waals surface area contributed by atoms with E-state index in [1.54, 1.807) is 7.11 Å². The van der Waals surface area contributed by atoms with Crippen LogP contribution in [0.2, 0.25) is 0 Å². The summed E-state index contributed by atoms with van der Waals surface area (Å²) in [6.07, 6.45) is 1.13. The minimum Gasteiger partial charge on any atom is -0.497 e. The van der Waals surface area contributed by atoms with E-state index < -0.39 is 0 Å². The van der Waals surface area contributed by atoms with E-state index in [-0.39, 0.29) is 0 Å². The van der Waals surface area contributed by atoms with Gasteiger partial charge in [0.1, 0.15) is 18.1 Å². The second kappa shape index (κ2) is 11.0. The predicted octanol–water partition coefficient (Wildman–Crippen LogP) is 5.49. The second-order valence-electron chi connectivity index (χ2n) is 7.68. The minimum atomic E-state index is 0.550. The van der Waals surface area contributed by atoms with Crippen LogP contribution in [-0.4, -0.2) is 20.3 Å². The van der Waals surface area contributed by atoms with Crippen LogP contribution in [0.3, 0.4) is 0 Å². The molecule has 0 atom stereocenters. The van der Waals surface area contributed by atoms with Crippen LogP contribution in [0.5, 0.6) is 11.5 Å². The summed E-state index contributed by atoms with van der Waals surface area (Å²) in [6.45, 7) is 11.4. The summed E-state index contributed by atoms with van der Waals surface area (Å²) in [4.78, 5) is 0. The predicted molar refractivity (Wildman–Crippen MR) is 113 cm³/mol. The quantitative estimate of drug-likeness (QED) is 0.532. The molecule has 1 radical (unpaired) electrons. The molecule has 2 rings (SSSR count). The van der Waals surface area contributed by atoms with Gasteiger partial charge in [0.25, 0.3) is 0 Å². The summed E-state index contributed by atoms with van der Waals surface area (Å²) in [5.41, 5.74) is 2.55. The molecule has 0 saturated carbocycles. The van der Waals surface area contributed by atoms with Crippen molar-refractivity contribution in [2.75, 3.05) is 20.3 Å². The molecule has 0 aliphatic heterocycles. The van der Waals surface area contributed by atoms with Gasteiger partial charge in [0.15, 0.2) is 0 Å². The van der Waals surface area contributed by atoms with Crippen LogP contribution in [0.25, 0.3) is 0 Å². The lowest BCUT2D eigenvalue weighted by atomic mass is 9.82. The maximum absolute atomic E-state index is 5.96. The highest BCUT2D eigenvalue weighted by molar-refractivity contribution is 5.38. The van der Waals surface area contributed by atoms with E-state index in [1.165, 1.54) is 17.0 Å². The third-order valence-electron chi connectivity index (χ3n) is 4.57. The maximum atomic E-state index is 5.96. The Morgan fingerprint density at radius 3 is 2.33 bits per heavy atom. The number of nitrogens with one attached hydrogen (secondary N) is 1. The Hall–Kier alpha value is -2.00. The van der Waals surface area contributed by atoms with Crippen molar-refractivity contribution in [1.82, 2.24) is 5.32 Å². The molecule has 0 unspecified atom stereocenters. The van der Waals surface area contributed by atoms with Gasteiger partial charge in [-0.3, -0.25) is 0 Å². The highest BCUT2D eigenvalue weighted by Crippen LogP contribution is 2.31. The lowest BCUT2D eigenvalue weighted by Crippen LogP contribution is -2.20. The molecule has 0 spiro atoms. The molecular weight excluding hydrogens is 334 g/mol. The van der Waals surface area contributed by atoms with Crippen LogP contribution in [0, 0.1) is 17.8 Å². The first-order chi connectivity index (χ1) is 13.0. The second-order valence-corrected chi connectivity index (χ2v) is 7.68. The van der Waals surface area contributed by atoms with Crippen molar-refractivity contribution < 1.29 is 9.47 Å². The fraction of sp³-hybridized carbons (Fsp3) is 0.458. The van der Waals surface area contributed by atoms with Crippen LogP contribution < -0.4 is 14.8 Å². The number of rotatable bonds is 11. The Labute approximate surface area is 165 Å². The summed E-state index contributed by atoms with van der Waals surface area (Å²) in [6, 6.07) is 16.6. The first-order valence-electron chi connectivity index (χ1n) is 9.92. The molecule has 0 aromatic heterocycles. The van der Waals surface area contributed by atoms with Crippen LogP contribution in [0.1, 0.15) is 45.2 Å². The molecule has 0 aliphatic rings. The van der Waals surface area contributed by atoms with Gasteiger partial charge in [-0.1, -0.05) is 52.0 Å². The third kappa shape index (κ3) is 7.26. The van der Waals surface area contributed by atoms with Crippen molar-refractivity contribution in [1.29, 1.82) is 0 Å². The molecule has 147 valence electrons. The van der Waals surface area contributed by atoms with E-state index in [9.17, 15) is 0 Å². The molecule has 3 heteroatoms. The SMILES string of the molecule is COc1ccc(CNCCOc2cccc([C](CC(C)C)C(C)C)c2)cc1. The molecule has 0 saturated heterocycles. The zero-order chi connectivity index (χ0) is 19.6. The summed E-state index contributed by atoms with van der Waals surface area (Å²) < 4.78 is 11.1. The van der Waals surface area contributed by atoms with E-state index in [0.717, 1.165) is 31.0 Å². The average Bonchev–Trinajstić information content (AvgIpc) is 2.66. The van der Waals surface area contributed by atoms with Gasteiger partial charge in [-0.25, -0.2) is 0 Å². The summed E-state index contributed by atoms with van der Waals surface area (Å²) in [7, 11) is 1.68. The van der Waals surface area contributed by atoms with Crippen molar-refractivity contribution in [3.8, 4) is 11.5 Å². The smallest absolute Gasteiger partial charge is 0.119 e. The minimum absolute atomic E-state index is 0.550. The van der Waals surface area contributed by atoms with Crippen molar-refractivity contribution >= 4 is 0 Å².